The van der Waals surface area contributed by atoms with Crippen LogP contribution in [0.1, 0.15) is 33.1 Å². The topological polar surface area (TPSA) is 69.6 Å². The van der Waals surface area contributed by atoms with Crippen LogP contribution in [0.5, 0.6) is 0 Å². The molecule has 0 radical (unpaired) electrons. The summed E-state index contributed by atoms with van der Waals surface area (Å²) >= 11 is 0. The van der Waals surface area contributed by atoms with E-state index in [1.165, 1.54) is 0 Å². The number of hydrogen-bond donors (Lipinski definition) is 2. The minimum absolute atomic E-state index is 0.0686. The molecule has 2 N–H and O–H groups in total. The Kier molecular flexibility index (Phi) is 4.93. The third-order valence-corrected chi connectivity index (χ3v) is 3.50. The summed E-state index contributed by atoms with van der Waals surface area (Å²) in [5.41, 5.74) is -0.581. The molecule has 1 saturated heterocycles. The first-order chi connectivity index (χ1) is 7.98. The summed E-state index contributed by atoms with van der Waals surface area (Å²) in [4.78, 5) is 24.5. The second-order valence-corrected chi connectivity index (χ2v) is 4.91. The van der Waals surface area contributed by atoms with Crippen molar-refractivity contribution in [2.75, 3.05) is 26.2 Å². The van der Waals surface area contributed by atoms with Crippen LogP contribution < -0.4 is 5.32 Å². The van der Waals surface area contributed by atoms with Crippen LogP contribution >= 0.6 is 0 Å². The first-order valence-corrected chi connectivity index (χ1v) is 6.20. The average Bonchev–Trinajstić information content (AvgIpc) is 2.28. The summed E-state index contributed by atoms with van der Waals surface area (Å²) < 4.78 is 0. The molecule has 0 aromatic carbocycles. The van der Waals surface area contributed by atoms with Crippen molar-refractivity contribution in [3.63, 3.8) is 0 Å². The molecule has 98 valence electrons. The van der Waals surface area contributed by atoms with E-state index >= 15 is 0 Å². The molecule has 1 amide bonds. The summed E-state index contributed by atoms with van der Waals surface area (Å²) in [6.45, 7) is 6.62. The molecule has 5 heteroatoms. The maximum Gasteiger partial charge on any atom is 0.309 e. The number of nitrogens with one attached hydrogen (secondary N) is 1. The van der Waals surface area contributed by atoms with Crippen LogP contribution in [0.4, 0.5) is 0 Å². The molecule has 5 nitrogen and oxygen atoms in total. The molecular weight excluding hydrogens is 220 g/mol. The molecule has 0 atom stereocenters. The van der Waals surface area contributed by atoms with Gasteiger partial charge in [-0.3, -0.25) is 9.59 Å². The van der Waals surface area contributed by atoms with Gasteiger partial charge in [0, 0.05) is 19.5 Å². The molecule has 17 heavy (non-hydrogen) atoms. The Morgan fingerprint density at radius 3 is 2.41 bits per heavy atom. The summed E-state index contributed by atoms with van der Waals surface area (Å²) in [5.74, 6) is -0.639. The summed E-state index contributed by atoms with van der Waals surface area (Å²) in [6.07, 6.45) is 1.83. The molecule has 0 saturated carbocycles. The Labute approximate surface area is 102 Å². The molecule has 0 aromatic heterocycles. The molecule has 1 heterocycles. The van der Waals surface area contributed by atoms with Crippen LogP contribution in [0, 0.1) is 5.41 Å². The van der Waals surface area contributed by atoms with Crippen LogP contribution in [0.3, 0.4) is 0 Å². The molecule has 0 spiro atoms. The zero-order valence-corrected chi connectivity index (χ0v) is 10.7. The fraction of sp³-hybridized carbons (Fsp3) is 0.833. The molecule has 1 aliphatic rings. The van der Waals surface area contributed by atoms with Crippen molar-refractivity contribution in [3.05, 3.63) is 0 Å². The van der Waals surface area contributed by atoms with Gasteiger partial charge >= 0.3 is 5.97 Å². The van der Waals surface area contributed by atoms with E-state index in [0.29, 0.717) is 25.8 Å². The number of hydrogen-bond acceptors (Lipinski definition) is 3. The Morgan fingerprint density at radius 1 is 1.35 bits per heavy atom. The van der Waals surface area contributed by atoms with Crippen molar-refractivity contribution in [2.45, 2.75) is 33.1 Å². The highest BCUT2D eigenvalue weighted by molar-refractivity contribution is 5.76. The quantitative estimate of drug-likeness (QED) is 0.744. The van der Waals surface area contributed by atoms with Gasteiger partial charge in [0.25, 0.3) is 0 Å². The number of carbonyl (C=O) groups excluding carboxylic acids is 1. The van der Waals surface area contributed by atoms with Crippen LogP contribution in [-0.4, -0.2) is 48.1 Å². The SMILES string of the molecule is CCNC(=O)CCN1CCC(C)(C(=O)O)CC1. The first kappa shape index (κ1) is 14.0. The number of rotatable bonds is 5. The maximum absolute atomic E-state index is 11.3. The number of aliphatic carboxylic acids is 1. The third-order valence-electron chi connectivity index (χ3n) is 3.50. The third kappa shape index (κ3) is 4.00. The van der Waals surface area contributed by atoms with Gasteiger partial charge in [0.15, 0.2) is 0 Å². The van der Waals surface area contributed by atoms with Gasteiger partial charge in [0.05, 0.1) is 5.41 Å². The molecular formula is C12H22N2O3. The highest BCUT2D eigenvalue weighted by Gasteiger charge is 2.36. The van der Waals surface area contributed by atoms with E-state index in [-0.39, 0.29) is 5.91 Å². The van der Waals surface area contributed by atoms with E-state index in [9.17, 15) is 9.59 Å². The molecule has 0 aliphatic carbocycles. The van der Waals surface area contributed by atoms with E-state index in [1.54, 1.807) is 6.92 Å². The number of carboxylic acids is 1. The molecule has 1 fully saturated rings. The van der Waals surface area contributed by atoms with Crippen LogP contribution in [-0.2, 0) is 9.59 Å². The monoisotopic (exact) mass is 242 g/mol. The van der Waals surface area contributed by atoms with E-state index in [1.807, 2.05) is 6.92 Å². The number of amides is 1. The fourth-order valence-electron chi connectivity index (χ4n) is 2.03. The normalized spacial score (nSPS) is 19.9. The predicted octanol–water partition coefficient (Wildman–Crippen LogP) is 0.699. The largest absolute Gasteiger partial charge is 0.481 e. The van der Waals surface area contributed by atoms with Gasteiger partial charge in [-0.2, -0.15) is 0 Å². The number of carbonyl (C=O) groups is 2. The van der Waals surface area contributed by atoms with Crippen molar-refractivity contribution in [2.24, 2.45) is 5.41 Å². The number of nitrogens with zero attached hydrogens (tertiary/aromatic N) is 1. The van der Waals surface area contributed by atoms with E-state index in [0.717, 1.165) is 19.6 Å². The van der Waals surface area contributed by atoms with Gasteiger partial charge in [0.1, 0.15) is 0 Å². The smallest absolute Gasteiger partial charge is 0.309 e. The van der Waals surface area contributed by atoms with Crippen LogP contribution in [0.15, 0.2) is 0 Å². The zero-order chi connectivity index (χ0) is 12.9. The van der Waals surface area contributed by atoms with Crippen molar-refractivity contribution >= 4 is 11.9 Å². The van der Waals surface area contributed by atoms with Crippen LogP contribution in [0.2, 0.25) is 0 Å². The number of likely N-dealkylation sites (tertiary alicyclic amines) is 1. The van der Waals surface area contributed by atoms with Gasteiger partial charge in [-0.15, -0.1) is 0 Å². The summed E-state index contributed by atoms with van der Waals surface area (Å²) in [7, 11) is 0. The Morgan fingerprint density at radius 2 is 1.94 bits per heavy atom. The van der Waals surface area contributed by atoms with Gasteiger partial charge in [-0.05, 0) is 39.8 Å². The lowest BCUT2D eigenvalue weighted by Gasteiger charge is -2.36. The second-order valence-electron chi connectivity index (χ2n) is 4.91. The van der Waals surface area contributed by atoms with E-state index < -0.39 is 11.4 Å². The second kappa shape index (κ2) is 6.00. The lowest BCUT2D eigenvalue weighted by molar-refractivity contribution is -0.150. The summed E-state index contributed by atoms with van der Waals surface area (Å²) in [6, 6.07) is 0. The minimum Gasteiger partial charge on any atom is -0.481 e. The van der Waals surface area contributed by atoms with Gasteiger partial charge < -0.3 is 15.3 Å². The average molecular weight is 242 g/mol. The fourth-order valence-corrected chi connectivity index (χ4v) is 2.03. The van der Waals surface area contributed by atoms with E-state index in [2.05, 4.69) is 10.2 Å². The lowest BCUT2D eigenvalue weighted by Crippen LogP contribution is -2.43. The van der Waals surface area contributed by atoms with E-state index in [4.69, 9.17) is 5.11 Å². The van der Waals surface area contributed by atoms with Gasteiger partial charge in [0.2, 0.25) is 5.91 Å². The van der Waals surface area contributed by atoms with Crippen molar-refractivity contribution < 1.29 is 14.7 Å². The molecule has 0 bridgehead atoms. The molecule has 1 aliphatic heterocycles. The Bertz CT molecular complexity index is 283. The highest BCUT2D eigenvalue weighted by atomic mass is 16.4. The lowest BCUT2D eigenvalue weighted by atomic mass is 9.80. The summed E-state index contributed by atoms with van der Waals surface area (Å²) in [5, 5.41) is 11.8. The van der Waals surface area contributed by atoms with Crippen molar-refractivity contribution in [3.8, 4) is 0 Å². The Hall–Kier alpha value is -1.10. The zero-order valence-electron chi connectivity index (χ0n) is 10.7. The molecule has 0 unspecified atom stereocenters. The number of piperidine rings is 1. The van der Waals surface area contributed by atoms with Gasteiger partial charge in [-0.25, -0.2) is 0 Å². The highest BCUT2D eigenvalue weighted by Crippen LogP contribution is 2.30. The standard InChI is InChI=1S/C12H22N2O3/c1-3-13-10(15)4-7-14-8-5-12(2,6-9-14)11(16)17/h3-9H2,1-2H3,(H,13,15)(H,16,17). The number of carboxylic acid groups (broad SMARTS) is 1. The van der Waals surface area contributed by atoms with Crippen LogP contribution in [0.25, 0.3) is 0 Å². The molecule has 0 aromatic rings. The Balaban J connectivity index is 2.28. The molecule has 1 rings (SSSR count). The van der Waals surface area contributed by atoms with Crippen molar-refractivity contribution in [1.82, 2.24) is 10.2 Å². The van der Waals surface area contributed by atoms with Gasteiger partial charge in [-0.1, -0.05) is 0 Å². The minimum atomic E-state index is -0.708. The van der Waals surface area contributed by atoms with Crippen molar-refractivity contribution in [1.29, 1.82) is 0 Å². The predicted molar refractivity (Wildman–Crippen MR) is 64.7 cm³/mol. The maximum atomic E-state index is 11.3. The first-order valence-electron chi connectivity index (χ1n) is 6.20.